The van der Waals surface area contributed by atoms with Crippen LogP contribution in [0.1, 0.15) is 16.8 Å². The molecule has 0 unspecified atom stereocenters. The van der Waals surface area contributed by atoms with Crippen LogP contribution >= 0.6 is 22.9 Å². The van der Waals surface area contributed by atoms with E-state index in [9.17, 15) is 4.79 Å². The molecular formula is C23H24ClN3O2S. The van der Waals surface area contributed by atoms with E-state index in [0.29, 0.717) is 5.02 Å². The molecule has 7 heteroatoms. The van der Waals surface area contributed by atoms with Crippen molar-refractivity contribution >= 4 is 34.5 Å². The topological polar surface area (TPSA) is 54.5 Å². The number of nitrogens with zero attached hydrogens (tertiary/aromatic N) is 2. The molecule has 0 saturated carbocycles. The number of thiazole rings is 1. The van der Waals surface area contributed by atoms with Crippen LogP contribution in [-0.2, 0) is 22.5 Å². The molecule has 3 aromatic rings. The van der Waals surface area contributed by atoms with Gasteiger partial charge >= 0.3 is 0 Å². The molecule has 0 spiro atoms. The number of ether oxygens (including phenoxy) is 1. The van der Waals surface area contributed by atoms with Gasteiger partial charge in [0.2, 0.25) is 5.91 Å². The van der Waals surface area contributed by atoms with E-state index in [1.54, 1.807) is 17.4 Å². The number of aryl methyl sites for hydroxylation is 1. The van der Waals surface area contributed by atoms with E-state index in [-0.39, 0.29) is 12.3 Å². The van der Waals surface area contributed by atoms with Gasteiger partial charge in [0.05, 0.1) is 25.3 Å². The van der Waals surface area contributed by atoms with Crippen molar-refractivity contribution in [2.45, 2.75) is 19.9 Å². The fourth-order valence-corrected chi connectivity index (χ4v) is 4.51. The number of nitrogens with one attached hydrogen (secondary N) is 1. The van der Waals surface area contributed by atoms with Gasteiger partial charge in [0, 0.05) is 41.3 Å². The Bertz CT molecular complexity index is 1030. The summed E-state index contributed by atoms with van der Waals surface area (Å²) in [7, 11) is 0. The Labute approximate surface area is 185 Å². The molecule has 1 aliphatic heterocycles. The first-order valence-electron chi connectivity index (χ1n) is 9.96. The SMILES string of the molecule is Cc1cc(Cl)ccc1NC(=O)Cc1csc(-c2cccc(CN3CCOCC3)c2)n1. The lowest BCUT2D eigenvalue weighted by Gasteiger charge is -2.26. The molecule has 1 N–H and O–H groups in total. The lowest BCUT2D eigenvalue weighted by molar-refractivity contribution is -0.115. The summed E-state index contributed by atoms with van der Waals surface area (Å²) >= 11 is 7.55. The highest BCUT2D eigenvalue weighted by atomic mass is 35.5. The van der Waals surface area contributed by atoms with Crippen LogP contribution in [0.2, 0.25) is 5.02 Å². The van der Waals surface area contributed by atoms with E-state index < -0.39 is 0 Å². The number of amides is 1. The van der Waals surface area contributed by atoms with Gasteiger partial charge in [0.1, 0.15) is 5.01 Å². The van der Waals surface area contributed by atoms with E-state index in [1.807, 2.05) is 24.4 Å². The summed E-state index contributed by atoms with van der Waals surface area (Å²) in [5, 5.41) is 6.49. The highest BCUT2D eigenvalue weighted by molar-refractivity contribution is 7.13. The summed E-state index contributed by atoms with van der Waals surface area (Å²) < 4.78 is 5.43. The fraction of sp³-hybridized carbons (Fsp3) is 0.304. The number of hydrogen-bond donors (Lipinski definition) is 1. The van der Waals surface area contributed by atoms with Gasteiger partial charge < -0.3 is 10.1 Å². The second-order valence-electron chi connectivity index (χ2n) is 7.42. The Morgan fingerprint density at radius 3 is 2.87 bits per heavy atom. The Morgan fingerprint density at radius 2 is 2.07 bits per heavy atom. The third-order valence-electron chi connectivity index (χ3n) is 5.04. The van der Waals surface area contributed by atoms with Gasteiger partial charge in [0.15, 0.2) is 0 Å². The third-order valence-corrected chi connectivity index (χ3v) is 6.22. The summed E-state index contributed by atoms with van der Waals surface area (Å²) in [6.07, 6.45) is 0.242. The zero-order valence-corrected chi connectivity index (χ0v) is 18.4. The van der Waals surface area contributed by atoms with Crippen LogP contribution in [0, 0.1) is 6.92 Å². The van der Waals surface area contributed by atoms with Crippen molar-refractivity contribution in [2.75, 3.05) is 31.6 Å². The number of morpholine rings is 1. The monoisotopic (exact) mass is 441 g/mol. The Kier molecular flexibility index (Phi) is 6.79. The van der Waals surface area contributed by atoms with Crippen molar-refractivity contribution in [3.8, 4) is 10.6 Å². The summed E-state index contributed by atoms with van der Waals surface area (Å²) in [5.41, 5.74) is 4.84. The van der Waals surface area contributed by atoms with Crippen LogP contribution in [0.25, 0.3) is 10.6 Å². The molecule has 0 atom stereocenters. The van der Waals surface area contributed by atoms with Crippen LogP contribution in [0.5, 0.6) is 0 Å². The molecule has 0 bridgehead atoms. The number of halogens is 1. The lowest BCUT2D eigenvalue weighted by Crippen LogP contribution is -2.35. The smallest absolute Gasteiger partial charge is 0.230 e. The van der Waals surface area contributed by atoms with E-state index in [0.717, 1.165) is 60.4 Å². The van der Waals surface area contributed by atoms with Crippen molar-refractivity contribution in [1.29, 1.82) is 0 Å². The molecule has 0 aliphatic carbocycles. The standard InChI is InChI=1S/C23H24ClN3O2S/c1-16-11-19(24)5-6-21(16)26-22(28)13-20-15-30-23(25-20)18-4-2-3-17(12-18)14-27-7-9-29-10-8-27/h2-6,11-12,15H,7-10,13-14H2,1H3,(H,26,28). The Balaban J connectivity index is 1.40. The highest BCUT2D eigenvalue weighted by Gasteiger charge is 2.13. The van der Waals surface area contributed by atoms with Crippen LogP contribution < -0.4 is 5.32 Å². The fourth-order valence-electron chi connectivity index (χ4n) is 3.47. The molecule has 2 aromatic carbocycles. The van der Waals surface area contributed by atoms with Gasteiger partial charge in [0.25, 0.3) is 0 Å². The molecule has 156 valence electrons. The van der Waals surface area contributed by atoms with Crippen LogP contribution in [0.4, 0.5) is 5.69 Å². The summed E-state index contributed by atoms with van der Waals surface area (Å²) in [6.45, 7) is 6.37. The van der Waals surface area contributed by atoms with Crippen LogP contribution in [0.3, 0.4) is 0 Å². The van der Waals surface area contributed by atoms with Gasteiger partial charge in [-0.05, 0) is 42.3 Å². The number of anilines is 1. The normalized spacial score (nSPS) is 14.6. The zero-order chi connectivity index (χ0) is 20.9. The number of hydrogen-bond acceptors (Lipinski definition) is 5. The maximum atomic E-state index is 12.4. The molecule has 0 radical (unpaired) electrons. The van der Waals surface area contributed by atoms with E-state index in [4.69, 9.17) is 16.3 Å². The first-order valence-corrected chi connectivity index (χ1v) is 11.2. The van der Waals surface area contributed by atoms with E-state index >= 15 is 0 Å². The molecule has 1 aliphatic rings. The van der Waals surface area contributed by atoms with Crippen molar-refractivity contribution in [2.24, 2.45) is 0 Å². The van der Waals surface area contributed by atoms with Gasteiger partial charge in [-0.15, -0.1) is 11.3 Å². The lowest BCUT2D eigenvalue weighted by atomic mass is 10.1. The molecule has 2 heterocycles. The molecule has 1 amide bonds. The number of benzene rings is 2. The number of aromatic nitrogens is 1. The minimum Gasteiger partial charge on any atom is -0.379 e. The van der Waals surface area contributed by atoms with Crippen molar-refractivity contribution in [1.82, 2.24) is 9.88 Å². The molecule has 4 rings (SSSR count). The average Bonchev–Trinajstić information content (AvgIpc) is 3.19. The number of carbonyl (C=O) groups excluding carboxylic acids is 1. The minimum atomic E-state index is -0.0849. The quantitative estimate of drug-likeness (QED) is 0.597. The predicted molar refractivity (Wildman–Crippen MR) is 122 cm³/mol. The second kappa shape index (κ2) is 9.71. The van der Waals surface area contributed by atoms with E-state index in [1.165, 1.54) is 5.56 Å². The average molecular weight is 442 g/mol. The molecule has 1 saturated heterocycles. The number of rotatable bonds is 6. The first-order chi connectivity index (χ1) is 14.6. The minimum absolute atomic E-state index is 0.0849. The zero-order valence-electron chi connectivity index (χ0n) is 16.9. The second-order valence-corrected chi connectivity index (χ2v) is 8.71. The molecule has 1 aromatic heterocycles. The Morgan fingerprint density at radius 1 is 1.23 bits per heavy atom. The largest absolute Gasteiger partial charge is 0.379 e. The Hall–Kier alpha value is -2.25. The highest BCUT2D eigenvalue weighted by Crippen LogP contribution is 2.26. The van der Waals surface area contributed by atoms with Crippen LogP contribution in [0.15, 0.2) is 47.8 Å². The third kappa shape index (κ3) is 5.46. The van der Waals surface area contributed by atoms with Crippen molar-refractivity contribution in [3.63, 3.8) is 0 Å². The molecule has 1 fully saturated rings. The molecule has 5 nitrogen and oxygen atoms in total. The molecule has 30 heavy (non-hydrogen) atoms. The summed E-state index contributed by atoms with van der Waals surface area (Å²) in [6, 6.07) is 13.9. The van der Waals surface area contributed by atoms with Crippen LogP contribution in [-0.4, -0.2) is 42.1 Å². The van der Waals surface area contributed by atoms with Gasteiger partial charge in [-0.25, -0.2) is 4.98 Å². The van der Waals surface area contributed by atoms with E-state index in [2.05, 4.69) is 39.5 Å². The maximum absolute atomic E-state index is 12.4. The maximum Gasteiger partial charge on any atom is 0.230 e. The predicted octanol–water partition coefficient (Wildman–Crippen LogP) is 4.79. The van der Waals surface area contributed by atoms with Gasteiger partial charge in [-0.2, -0.15) is 0 Å². The van der Waals surface area contributed by atoms with Gasteiger partial charge in [-0.3, -0.25) is 9.69 Å². The number of carbonyl (C=O) groups is 1. The van der Waals surface area contributed by atoms with Gasteiger partial charge in [-0.1, -0.05) is 29.8 Å². The first kappa shape index (κ1) is 21.0. The summed E-state index contributed by atoms with van der Waals surface area (Å²) in [5.74, 6) is -0.0849. The molecular weight excluding hydrogens is 418 g/mol. The van der Waals surface area contributed by atoms with Crippen molar-refractivity contribution < 1.29 is 9.53 Å². The summed E-state index contributed by atoms with van der Waals surface area (Å²) in [4.78, 5) is 19.5. The van der Waals surface area contributed by atoms with Crippen molar-refractivity contribution in [3.05, 3.63) is 69.7 Å².